The number of anilines is 1. The number of aliphatic imine (C=N–C) groups is 1. The lowest BCUT2D eigenvalue weighted by Crippen LogP contribution is -2.52. The summed E-state index contributed by atoms with van der Waals surface area (Å²) in [6, 6.07) is 12.5. The number of sulfonamides is 1. The van der Waals surface area contributed by atoms with Gasteiger partial charge in [0.2, 0.25) is 10.0 Å². The highest BCUT2D eigenvalue weighted by Gasteiger charge is 2.20. The van der Waals surface area contributed by atoms with Gasteiger partial charge in [-0.1, -0.05) is 18.2 Å². The van der Waals surface area contributed by atoms with Crippen LogP contribution in [0.3, 0.4) is 0 Å². The van der Waals surface area contributed by atoms with Gasteiger partial charge < -0.3 is 15.1 Å². The van der Waals surface area contributed by atoms with Crippen LogP contribution in [0.2, 0.25) is 0 Å². The quantitative estimate of drug-likeness (QED) is 0.588. The van der Waals surface area contributed by atoms with Gasteiger partial charge in [0.1, 0.15) is 5.82 Å². The molecule has 2 aromatic rings. The number of piperazine rings is 1. The SMILES string of the molecule is CN=C(NCc1cccc(S(N)(=O)=O)c1)N1CCN(c2ccccn2)CC1. The molecule has 1 saturated heterocycles. The Morgan fingerprint density at radius 1 is 1.19 bits per heavy atom. The van der Waals surface area contributed by atoms with Crippen molar-refractivity contribution in [2.45, 2.75) is 11.4 Å². The molecule has 1 aromatic carbocycles. The fourth-order valence-corrected chi connectivity index (χ4v) is 3.62. The van der Waals surface area contributed by atoms with Crippen LogP contribution in [-0.2, 0) is 16.6 Å². The Morgan fingerprint density at radius 3 is 2.59 bits per heavy atom. The molecule has 144 valence electrons. The summed E-state index contributed by atoms with van der Waals surface area (Å²) in [5.74, 6) is 1.77. The van der Waals surface area contributed by atoms with E-state index in [1.54, 1.807) is 25.4 Å². The molecule has 8 nitrogen and oxygen atoms in total. The van der Waals surface area contributed by atoms with Crippen LogP contribution in [0.25, 0.3) is 0 Å². The van der Waals surface area contributed by atoms with E-state index in [0.29, 0.717) is 6.54 Å². The molecule has 1 fully saturated rings. The minimum Gasteiger partial charge on any atom is -0.353 e. The second-order valence-corrected chi connectivity index (χ2v) is 7.82. The van der Waals surface area contributed by atoms with E-state index in [9.17, 15) is 8.42 Å². The van der Waals surface area contributed by atoms with Gasteiger partial charge in [-0.05, 0) is 29.8 Å². The van der Waals surface area contributed by atoms with Gasteiger partial charge in [0.05, 0.1) is 4.90 Å². The van der Waals surface area contributed by atoms with Crippen LogP contribution < -0.4 is 15.4 Å². The molecule has 0 bridgehead atoms. The van der Waals surface area contributed by atoms with E-state index in [1.165, 1.54) is 6.07 Å². The van der Waals surface area contributed by atoms with Crippen molar-refractivity contribution in [2.24, 2.45) is 10.1 Å². The predicted octanol–water partition coefficient (Wildman–Crippen LogP) is 0.627. The molecule has 0 spiro atoms. The van der Waals surface area contributed by atoms with Crippen LogP contribution in [0, 0.1) is 0 Å². The summed E-state index contributed by atoms with van der Waals surface area (Å²) in [5, 5.41) is 8.49. The lowest BCUT2D eigenvalue weighted by Gasteiger charge is -2.37. The molecule has 1 aliphatic rings. The van der Waals surface area contributed by atoms with E-state index in [-0.39, 0.29) is 4.90 Å². The van der Waals surface area contributed by atoms with Crippen molar-refractivity contribution >= 4 is 21.8 Å². The van der Waals surface area contributed by atoms with E-state index in [2.05, 4.69) is 25.1 Å². The van der Waals surface area contributed by atoms with E-state index >= 15 is 0 Å². The highest BCUT2D eigenvalue weighted by atomic mass is 32.2. The molecule has 0 saturated carbocycles. The van der Waals surface area contributed by atoms with Crippen molar-refractivity contribution in [3.8, 4) is 0 Å². The first-order valence-electron chi connectivity index (χ1n) is 8.71. The topological polar surface area (TPSA) is 104 Å². The number of guanidine groups is 1. The highest BCUT2D eigenvalue weighted by molar-refractivity contribution is 7.89. The van der Waals surface area contributed by atoms with Gasteiger partial charge in [0.15, 0.2) is 5.96 Å². The second-order valence-electron chi connectivity index (χ2n) is 6.26. The third kappa shape index (κ3) is 4.95. The summed E-state index contributed by atoms with van der Waals surface area (Å²) in [6.45, 7) is 3.84. The van der Waals surface area contributed by atoms with Crippen LogP contribution in [0.4, 0.5) is 5.82 Å². The van der Waals surface area contributed by atoms with Gasteiger partial charge in [0, 0.05) is 46.0 Å². The molecule has 1 aliphatic heterocycles. The molecule has 0 unspecified atom stereocenters. The van der Waals surface area contributed by atoms with Crippen molar-refractivity contribution in [3.05, 3.63) is 54.2 Å². The first-order chi connectivity index (χ1) is 13.0. The predicted molar refractivity (Wildman–Crippen MR) is 106 cm³/mol. The van der Waals surface area contributed by atoms with E-state index < -0.39 is 10.0 Å². The molecule has 0 radical (unpaired) electrons. The maximum atomic E-state index is 11.5. The van der Waals surface area contributed by atoms with Crippen LogP contribution in [0.5, 0.6) is 0 Å². The minimum atomic E-state index is -3.70. The molecule has 0 atom stereocenters. The molecule has 0 amide bonds. The average molecular weight is 388 g/mol. The number of nitrogens with two attached hydrogens (primary N) is 1. The fourth-order valence-electron chi connectivity index (χ4n) is 3.03. The lowest BCUT2D eigenvalue weighted by molar-refractivity contribution is 0.371. The van der Waals surface area contributed by atoms with Gasteiger partial charge in [-0.3, -0.25) is 4.99 Å². The third-order valence-corrected chi connectivity index (χ3v) is 5.35. The first-order valence-corrected chi connectivity index (χ1v) is 10.3. The van der Waals surface area contributed by atoms with E-state index in [1.807, 2.05) is 24.3 Å². The normalized spacial score (nSPS) is 15.7. The van der Waals surface area contributed by atoms with Crippen LogP contribution >= 0.6 is 0 Å². The maximum Gasteiger partial charge on any atom is 0.238 e. The molecular weight excluding hydrogens is 364 g/mol. The fraction of sp³-hybridized carbons (Fsp3) is 0.333. The molecule has 9 heteroatoms. The highest BCUT2D eigenvalue weighted by Crippen LogP contribution is 2.13. The Morgan fingerprint density at radius 2 is 1.96 bits per heavy atom. The molecule has 3 N–H and O–H groups in total. The number of nitrogens with zero attached hydrogens (tertiary/aromatic N) is 4. The zero-order valence-electron chi connectivity index (χ0n) is 15.2. The summed E-state index contributed by atoms with van der Waals surface area (Å²) in [7, 11) is -1.96. The van der Waals surface area contributed by atoms with Gasteiger partial charge in [-0.15, -0.1) is 0 Å². The average Bonchev–Trinajstić information content (AvgIpc) is 2.69. The summed E-state index contributed by atoms with van der Waals surface area (Å²) in [5.41, 5.74) is 0.829. The minimum absolute atomic E-state index is 0.112. The monoisotopic (exact) mass is 388 g/mol. The van der Waals surface area contributed by atoms with Crippen molar-refractivity contribution in [1.29, 1.82) is 0 Å². The molecule has 2 heterocycles. The van der Waals surface area contributed by atoms with Crippen LogP contribution in [-0.4, -0.2) is 57.5 Å². The standard InChI is InChI=1S/C18H24N6O2S/c1-20-18(22-14-15-5-4-6-16(13-15)27(19,25)26)24-11-9-23(10-12-24)17-7-2-3-8-21-17/h2-8,13H,9-12,14H2,1H3,(H,20,22)(H2,19,25,26). The Labute approximate surface area is 159 Å². The molecule has 1 aromatic heterocycles. The van der Waals surface area contributed by atoms with Crippen LogP contribution in [0.1, 0.15) is 5.56 Å². The number of nitrogens with one attached hydrogen (secondary N) is 1. The summed E-state index contributed by atoms with van der Waals surface area (Å²) >= 11 is 0. The summed E-state index contributed by atoms with van der Waals surface area (Å²) in [6.07, 6.45) is 1.80. The van der Waals surface area contributed by atoms with Crippen LogP contribution in [0.15, 0.2) is 58.5 Å². The Kier molecular flexibility index (Phi) is 5.92. The lowest BCUT2D eigenvalue weighted by atomic mass is 10.2. The molecule has 0 aliphatic carbocycles. The smallest absolute Gasteiger partial charge is 0.238 e. The van der Waals surface area contributed by atoms with Crippen molar-refractivity contribution < 1.29 is 8.42 Å². The summed E-state index contributed by atoms with van der Waals surface area (Å²) in [4.78, 5) is 13.3. The number of pyridine rings is 1. The molecule has 3 rings (SSSR count). The van der Waals surface area contributed by atoms with Crippen molar-refractivity contribution in [2.75, 3.05) is 38.1 Å². The van der Waals surface area contributed by atoms with E-state index in [0.717, 1.165) is 43.5 Å². The van der Waals surface area contributed by atoms with Gasteiger partial charge >= 0.3 is 0 Å². The summed E-state index contributed by atoms with van der Waals surface area (Å²) < 4.78 is 23.0. The largest absolute Gasteiger partial charge is 0.353 e. The maximum absolute atomic E-state index is 11.5. The molecular formula is C18H24N6O2S. The van der Waals surface area contributed by atoms with Crippen molar-refractivity contribution in [3.63, 3.8) is 0 Å². The number of benzene rings is 1. The van der Waals surface area contributed by atoms with Gasteiger partial charge in [-0.25, -0.2) is 18.5 Å². The van der Waals surface area contributed by atoms with Gasteiger partial charge in [-0.2, -0.15) is 0 Å². The molecule has 27 heavy (non-hydrogen) atoms. The zero-order chi connectivity index (χ0) is 19.3. The third-order valence-electron chi connectivity index (χ3n) is 4.44. The first kappa shape index (κ1) is 19.1. The number of hydrogen-bond donors (Lipinski definition) is 2. The second kappa shape index (κ2) is 8.36. The number of primary sulfonamides is 1. The van der Waals surface area contributed by atoms with Gasteiger partial charge in [0.25, 0.3) is 0 Å². The zero-order valence-corrected chi connectivity index (χ0v) is 16.1. The van der Waals surface area contributed by atoms with Crippen molar-refractivity contribution in [1.82, 2.24) is 15.2 Å². The van der Waals surface area contributed by atoms with E-state index in [4.69, 9.17) is 5.14 Å². The number of aromatic nitrogens is 1. The Hall–Kier alpha value is -2.65. The number of hydrogen-bond acceptors (Lipinski definition) is 5. The number of rotatable bonds is 4. The Bertz CT molecular complexity index is 893. The Balaban J connectivity index is 1.58.